The van der Waals surface area contributed by atoms with Crippen LogP contribution < -0.4 is 10.6 Å². The summed E-state index contributed by atoms with van der Waals surface area (Å²) in [7, 11) is 0. The second-order valence-corrected chi connectivity index (χ2v) is 5.71. The second kappa shape index (κ2) is 6.31. The van der Waals surface area contributed by atoms with Gasteiger partial charge in [-0.1, -0.05) is 0 Å². The fourth-order valence-electron chi connectivity index (χ4n) is 2.80. The number of furan rings is 1. The normalized spacial score (nSPS) is 24.2. The Balaban J connectivity index is 1.83. The third-order valence-corrected chi connectivity index (χ3v) is 3.93. The third kappa shape index (κ3) is 3.76. The number of aliphatic hydroxyl groups is 1. The first-order chi connectivity index (χ1) is 9.45. The monoisotopic (exact) mass is 280 g/mol. The van der Waals surface area contributed by atoms with Crippen LogP contribution in [0.25, 0.3) is 0 Å². The Bertz CT molecular complexity index is 462. The van der Waals surface area contributed by atoms with Crippen molar-refractivity contribution in [3.63, 3.8) is 0 Å². The van der Waals surface area contributed by atoms with Crippen molar-refractivity contribution in [2.75, 3.05) is 0 Å². The van der Waals surface area contributed by atoms with Gasteiger partial charge in [0.05, 0.1) is 12.1 Å². The molecule has 0 aromatic carbocycles. The number of hydrogen-bond donors (Lipinski definition) is 3. The number of aliphatic hydroxyl groups excluding tert-OH is 1. The van der Waals surface area contributed by atoms with Crippen molar-refractivity contribution in [1.82, 2.24) is 10.6 Å². The van der Waals surface area contributed by atoms with E-state index in [0.29, 0.717) is 0 Å². The van der Waals surface area contributed by atoms with Crippen LogP contribution in [0.3, 0.4) is 0 Å². The molecule has 1 fully saturated rings. The lowest BCUT2D eigenvalue weighted by Crippen LogP contribution is -2.44. The van der Waals surface area contributed by atoms with Crippen LogP contribution in [0.15, 0.2) is 10.5 Å². The molecule has 1 aromatic heterocycles. The van der Waals surface area contributed by atoms with Crippen LogP contribution in [0.4, 0.5) is 4.79 Å². The average molecular weight is 280 g/mol. The summed E-state index contributed by atoms with van der Waals surface area (Å²) in [4.78, 5) is 12.0. The number of carbonyl (C=O) groups is 1. The fourth-order valence-corrected chi connectivity index (χ4v) is 2.80. The summed E-state index contributed by atoms with van der Waals surface area (Å²) >= 11 is 0. The largest absolute Gasteiger partial charge is 0.466 e. The zero-order valence-electron chi connectivity index (χ0n) is 12.4. The third-order valence-electron chi connectivity index (χ3n) is 3.93. The van der Waals surface area contributed by atoms with Crippen LogP contribution in [0.1, 0.15) is 55.7 Å². The predicted octanol–water partition coefficient (Wildman–Crippen LogP) is 2.56. The minimum absolute atomic E-state index is 0.0818. The summed E-state index contributed by atoms with van der Waals surface area (Å²) in [5.41, 5.74) is 1.01. The zero-order valence-corrected chi connectivity index (χ0v) is 12.4. The number of aryl methyl sites for hydroxylation is 2. The lowest BCUT2D eigenvalue weighted by Gasteiger charge is -2.26. The van der Waals surface area contributed by atoms with E-state index in [9.17, 15) is 9.90 Å². The van der Waals surface area contributed by atoms with Gasteiger partial charge in [-0.15, -0.1) is 0 Å². The minimum Gasteiger partial charge on any atom is -0.466 e. The molecule has 20 heavy (non-hydrogen) atoms. The van der Waals surface area contributed by atoms with E-state index in [1.807, 2.05) is 26.8 Å². The van der Waals surface area contributed by atoms with Crippen molar-refractivity contribution >= 4 is 6.03 Å². The Hall–Kier alpha value is -1.49. The van der Waals surface area contributed by atoms with Gasteiger partial charge < -0.3 is 20.2 Å². The van der Waals surface area contributed by atoms with E-state index in [-0.39, 0.29) is 24.2 Å². The molecule has 2 amide bonds. The van der Waals surface area contributed by atoms with Crippen LogP contribution in [0, 0.1) is 13.8 Å². The van der Waals surface area contributed by atoms with Crippen molar-refractivity contribution < 1.29 is 14.3 Å². The van der Waals surface area contributed by atoms with Crippen LogP contribution in [0.2, 0.25) is 0 Å². The van der Waals surface area contributed by atoms with Crippen LogP contribution in [-0.4, -0.2) is 23.3 Å². The summed E-state index contributed by atoms with van der Waals surface area (Å²) in [6.45, 7) is 5.75. The zero-order chi connectivity index (χ0) is 14.7. The molecule has 0 bridgehead atoms. The molecule has 2 rings (SSSR count). The summed E-state index contributed by atoms with van der Waals surface area (Å²) in [5, 5.41) is 15.4. The van der Waals surface area contributed by atoms with Crippen LogP contribution >= 0.6 is 0 Å². The predicted molar refractivity (Wildman–Crippen MR) is 76.5 cm³/mol. The van der Waals surface area contributed by atoms with E-state index in [2.05, 4.69) is 10.6 Å². The van der Waals surface area contributed by atoms with Gasteiger partial charge in [-0.25, -0.2) is 4.79 Å². The van der Waals surface area contributed by atoms with E-state index in [4.69, 9.17) is 4.42 Å². The number of urea groups is 1. The smallest absolute Gasteiger partial charge is 0.315 e. The molecule has 0 spiro atoms. The molecule has 0 aliphatic heterocycles. The Labute approximate surface area is 119 Å². The van der Waals surface area contributed by atoms with Crippen molar-refractivity contribution in [3.05, 3.63) is 23.2 Å². The number of hydrogen-bond acceptors (Lipinski definition) is 3. The minimum atomic E-state index is -0.202. The van der Waals surface area contributed by atoms with Crippen molar-refractivity contribution in [3.8, 4) is 0 Å². The van der Waals surface area contributed by atoms with Gasteiger partial charge in [-0.2, -0.15) is 0 Å². The Morgan fingerprint density at radius 1 is 1.35 bits per heavy atom. The summed E-state index contributed by atoms with van der Waals surface area (Å²) < 4.78 is 5.48. The molecule has 1 unspecified atom stereocenters. The van der Waals surface area contributed by atoms with E-state index < -0.39 is 0 Å². The number of amides is 2. The molecule has 5 heteroatoms. The molecule has 1 aliphatic rings. The molecule has 112 valence electrons. The highest BCUT2D eigenvalue weighted by molar-refractivity contribution is 5.74. The first kappa shape index (κ1) is 14.9. The van der Waals surface area contributed by atoms with E-state index in [0.717, 1.165) is 42.8 Å². The highest BCUT2D eigenvalue weighted by atomic mass is 16.3. The van der Waals surface area contributed by atoms with Gasteiger partial charge in [-0.3, -0.25) is 0 Å². The topological polar surface area (TPSA) is 74.5 Å². The lowest BCUT2D eigenvalue weighted by molar-refractivity contribution is 0.117. The molecule has 1 atom stereocenters. The Morgan fingerprint density at radius 2 is 2.00 bits per heavy atom. The van der Waals surface area contributed by atoms with Gasteiger partial charge in [-0.05, 0) is 52.5 Å². The quantitative estimate of drug-likeness (QED) is 0.796. The average Bonchev–Trinajstić information content (AvgIpc) is 2.71. The second-order valence-electron chi connectivity index (χ2n) is 5.71. The highest BCUT2D eigenvalue weighted by Gasteiger charge is 2.22. The van der Waals surface area contributed by atoms with E-state index in [1.165, 1.54) is 0 Å². The fraction of sp³-hybridized carbons (Fsp3) is 0.667. The number of carbonyl (C=O) groups excluding carboxylic acids is 1. The van der Waals surface area contributed by atoms with Gasteiger partial charge in [0.1, 0.15) is 11.5 Å². The van der Waals surface area contributed by atoms with Crippen LogP contribution in [-0.2, 0) is 0 Å². The SMILES string of the molecule is Cc1cc(C(C)NC(=O)NC2CCC(O)CC2)c(C)o1. The molecule has 1 heterocycles. The lowest BCUT2D eigenvalue weighted by atomic mass is 9.93. The van der Waals surface area contributed by atoms with Crippen molar-refractivity contribution in [1.29, 1.82) is 0 Å². The number of rotatable bonds is 3. The van der Waals surface area contributed by atoms with Gasteiger partial charge in [0.15, 0.2) is 0 Å². The molecule has 0 saturated heterocycles. The van der Waals surface area contributed by atoms with Crippen LogP contribution in [0.5, 0.6) is 0 Å². The molecule has 1 aliphatic carbocycles. The maximum Gasteiger partial charge on any atom is 0.315 e. The molecule has 5 nitrogen and oxygen atoms in total. The van der Waals surface area contributed by atoms with Crippen molar-refractivity contribution in [2.24, 2.45) is 0 Å². The summed E-state index contributed by atoms with van der Waals surface area (Å²) in [5.74, 6) is 1.70. The Kier molecular flexibility index (Phi) is 4.70. The van der Waals surface area contributed by atoms with Gasteiger partial charge >= 0.3 is 6.03 Å². The maximum absolute atomic E-state index is 12.0. The molecule has 3 N–H and O–H groups in total. The number of nitrogens with one attached hydrogen (secondary N) is 2. The Morgan fingerprint density at radius 3 is 2.55 bits per heavy atom. The highest BCUT2D eigenvalue weighted by Crippen LogP contribution is 2.21. The maximum atomic E-state index is 12.0. The van der Waals surface area contributed by atoms with E-state index >= 15 is 0 Å². The van der Waals surface area contributed by atoms with Gasteiger partial charge in [0.2, 0.25) is 0 Å². The molecule has 1 saturated carbocycles. The van der Waals surface area contributed by atoms with E-state index in [1.54, 1.807) is 0 Å². The van der Waals surface area contributed by atoms with Crippen molar-refractivity contribution in [2.45, 2.75) is 64.6 Å². The summed E-state index contributed by atoms with van der Waals surface area (Å²) in [6, 6.07) is 1.88. The van der Waals surface area contributed by atoms with Gasteiger partial charge in [0, 0.05) is 11.6 Å². The first-order valence-electron chi connectivity index (χ1n) is 7.27. The first-order valence-corrected chi connectivity index (χ1v) is 7.27. The molecule has 0 radical (unpaired) electrons. The summed E-state index contributed by atoms with van der Waals surface area (Å²) in [6.07, 6.45) is 3.01. The standard InChI is InChI=1S/C15H24N2O3/c1-9-8-14(11(3)20-9)10(2)16-15(19)17-12-4-6-13(18)7-5-12/h8,10,12-13,18H,4-7H2,1-3H3,(H2,16,17,19). The molecule has 1 aromatic rings. The molecular formula is C15H24N2O3. The molecular weight excluding hydrogens is 256 g/mol. The van der Waals surface area contributed by atoms with Gasteiger partial charge in [0.25, 0.3) is 0 Å².